The number of amides is 3. The fraction of sp³-hybridized carbons (Fsp3) is 0.560. The van der Waals surface area contributed by atoms with Crippen LogP contribution in [0.25, 0.3) is 0 Å². The molecule has 6 heteroatoms. The summed E-state index contributed by atoms with van der Waals surface area (Å²) in [5.41, 5.74) is 2.08. The number of benzene rings is 1. The molecule has 1 fully saturated rings. The number of rotatable bonds is 5. The molecule has 1 aliphatic carbocycles. The highest BCUT2D eigenvalue weighted by Gasteiger charge is 2.22. The second-order valence-corrected chi connectivity index (χ2v) is 8.54. The number of allylic oxidation sites excluding steroid dienone is 1. The summed E-state index contributed by atoms with van der Waals surface area (Å²) in [4.78, 5) is 39.6. The molecule has 0 saturated carbocycles. The first-order valence-corrected chi connectivity index (χ1v) is 11.7. The van der Waals surface area contributed by atoms with Crippen LogP contribution in [0.5, 0.6) is 0 Å². The van der Waals surface area contributed by atoms with Crippen LogP contribution in [-0.2, 0) is 9.59 Å². The van der Waals surface area contributed by atoms with Gasteiger partial charge in [0.1, 0.15) is 0 Å². The largest absolute Gasteiger partial charge is 0.356 e. The maximum Gasteiger partial charge on any atom is 0.253 e. The van der Waals surface area contributed by atoms with Gasteiger partial charge in [-0.05, 0) is 63.5 Å². The zero-order valence-corrected chi connectivity index (χ0v) is 18.4. The second kappa shape index (κ2) is 12.3. The lowest BCUT2D eigenvalue weighted by atomic mass is 9.96. The number of hydrogen-bond donors (Lipinski definition) is 2. The minimum atomic E-state index is -0.146. The highest BCUT2D eigenvalue weighted by molar-refractivity contribution is 5.94. The Balaban J connectivity index is 1.54. The molecule has 0 bridgehead atoms. The standard InChI is InChI=1S/C25H35N3O3/c29-23-15-19-28(25(31)22-10-5-2-6-11-22)18-7-12-21(14-17-26-23)24(30)27-16-13-20-8-3-1-4-9-20/h2,5-6,8,10-11,21H,1,3-4,7,9,12-19H2,(H,26,29)(H,27,30). The van der Waals surface area contributed by atoms with Gasteiger partial charge in [0.2, 0.25) is 11.8 Å². The van der Waals surface area contributed by atoms with Crippen molar-refractivity contribution in [2.75, 3.05) is 26.2 Å². The highest BCUT2D eigenvalue weighted by Crippen LogP contribution is 2.20. The van der Waals surface area contributed by atoms with Crippen molar-refractivity contribution in [1.82, 2.24) is 15.5 Å². The molecule has 31 heavy (non-hydrogen) atoms. The third kappa shape index (κ3) is 7.53. The Morgan fingerprint density at radius 1 is 1.03 bits per heavy atom. The molecule has 1 unspecified atom stereocenters. The van der Waals surface area contributed by atoms with Gasteiger partial charge in [-0.25, -0.2) is 0 Å². The van der Waals surface area contributed by atoms with E-state index in [0.717, 1.165) is 25.7 Å². The maximum absolute atomic E-state index is 12.9. The Hall–Kier alpha value is -2.63. The van der Waals surface area contributed by atoms with Crippen molar-refractivity contribution in [3.05, 3.63) is 47.5 Å². The topological polar surface area (TPSA) is 78.5 Å². The zero-order valence-electron chi connectivity index (χ0n) is 18.4. The van der Waals surface area contributed by atoms with Gasteiger partial charge in [0, 0.05) is 44.1 Å². The predicted octanol–water partition coefficient (Wildman–Crippen LogP) is 3.44. The summed E-state index contributed by atoms with van der Waals surface area (Å²) in [6.45, 7) is 2.12. The number of carbonyl (C=O) groups excluding carboxylic acids is 3. The van der Waals surface area contributed by atoms with Gasteiger partial charge < -0.3 is 15.5 Å². The van der Waals surface area contributed by atoms with E-state index >= 15 is 0 Å². The van der Waals surface area contributed by atoms with Gasteiger partial charge in [-0.3, -0.25) is 14.4 Å². The van der Waals surface area contributed by atoms with Gasteiger partial charge in [0.05, 0.1) is 0 Å². The monoisotopic (exact) mass is 425 g/mol. The van der Waals surface area contributed by atoms with Crippen LogP contribution in [0.3, 0.4) is 0 Å². The van der Waals surface area contributed by atoms with E-state index in [2.05, 4.69) is 16.7 Å². The average Bonchev–Trinajstić information content (AvgIpc) is 2.84. The first kappa shape index (κ1) is 23.0. The summed E-state index contributed by atoms with van der Waals surface area (Å²) in [7, 11) is 0. The fourth-order valence-corrected chi connectivity index (χ4v) is 4.35. The Bertz CT molecular complexity index is 775. The summed E-state index contributed by atoms with van der Waals surface area (Å²) < 4.78 is 0. The molecule has 1 aromatic carbocycles. The highest BCUT2D eigenvalue weighted by atomic mass is 16.2. The first-order chi connectivity index (χ1) is 15.1. The van der Waals surface area contributed by atoms with E-state index in [-0.39, 0.29) is 30.1 Å². The lowest BCUT2D eigenvalue weighted by Crippen LogP contribution is -2.35. The van der Waals surface area contributed by atoms with Gasteiger partial charge in [-0.1, -0.05) is 29.8 Å². The molecule has 0 spiro atoms. The Morgan fingerprint density at radius 2 is 1.87 bits per heavy atom. The Labute approximate surface area is 185 Å². The molecule has 6 nitrogen and oxygen atoms in total. The van der Waals surface area contributed by atoms with Crippen LogP contribution in [0.4, 0.5) is 0 Å². The molecule has 1 aromatic rings. The molecule has 0 radical (unpaired) electrons. The summed E-state index contributed by atoms with van der Waals surface area (Å²) >= 11 is 0. The SMILES string of the molecule is O=C1CCN(C(=O)c2ccccc2)CCCC(C(=O)NCCC2=CCCCC2)CCN1. The van der Waals surface area contributed by atoms with Crippen LogP contribution in [0, 0.1) is 5.92 Å². The Morgan fingerprint density at radius 3 is 2.65 bits per heavy atom. The summed E-state index contributed by atoms with van der Waals surface area (Å²) in [6, 6.07) is 9.16. The number of nitrogens with zero attached hydrogens (tertiary/aromatic N) is 1. The number of nitrogens with one attached hydrogen (secondary N) is 2. The van der Waals surface area contributed by atoms with E-state index in [0.29, 0.717) is 44.6 Å². The average molecular weight is 426 g/mol. The molecular formula is C25H35N3O3. The molecule has 1 saturated heterocycles. The van der Waals surface area contributed by atoms with Crippen LogP contribution >= 0.6 is 0 Å². The molecule has 168 valence electrons. The zero-order chi connectivity index (χ0) is 21.9. The van der Waals surface area contributed by atoms with E-state index in [4.69, 9.17) is 0 Å². The van der Waals surface area contributed by atoms with Gasteiger partial charge in [0.15, 0.2) is 0 Å². The molecule has 2 aliphatic rings. The number of hydrogen-bond acceptors (Lipinski definition) is 3. The molecule has 0 aromatic heterocycles. The van der Waals surface area contributed by atoms with Gasteiger partial charge in [-0.15, -0.1) is 0 Å². The smallest absolute Gasteiger partial charge is 0.253 e. The third-order valence-corrected chi connectivity index (χ3v) is 6.21. The van der Waals surface area contributed by atoms with E-state index in [1.54, 1.807) is 17.0 Å². The lowest BCUT2D eigenvalue weighted by Gasteiger charge is -2.23. The summed E-state index contributed by atoms with van der Waals surface area (Å²) in [5.74, 6) is -0.219. The van der Waals surface area contributed by atoms with Gasteiger partial charge in [-0.2, -0.15) is 0 Å². The van der Waals surface area contributed by atoms with Crippen molar-refractivity contribution in [2.45, 2.75) is 57.8 Å². The summed E-state index contributed by atoms with van der Waals surface area (Å²) in [5, 5.41) is 6.00. The maximum atomic E-state index is 12.9. The second-order valence-electron chi connectivity index (χ2n) is 8.54. The van der Waals surface area contributed by atoms with Crippen LogP contribution in [0.15, 0.2) is 42.0 Å². The minimum Gasteiger partial charge on any atom is -0.356 e. The van der Waals surface area contributed by atoms with Crippen molar-refractivity contribution in [2.24, 2.45) is 5.92 Å². The van der Waals surface area contributed by atoms with Crippen molar-refractivity contribution >= 4 is 17.7 Å². The summed E-state index contributed by atoms with van der Waals surface area (Å²) in [6.07, 6.45) is 10.4. The normalized spacial score (nSPS) is 20.8. The van der Waals surface area contributed by atoms with E-state index in [1.165, 1.54) is 18.4 Å². The van der Waals surface area contributed by atoms with E-state index in [9.17, 15) is 14.4 Å². The molecule has 3 rings (SSSR count). The fourth-order valence-electron chi connectivity index (χ4n) is 4.35. The Kier molecular flexibility index (Phi) is 9.13. The van der Waals surface area contributed by atoms with Crippen molar-refractivity contribution in [1.29, 1.82) is 0 Å². The first-order valence-electron chi connectivity index (χ1n) is 11.7. The number of carbonyl (C=O) groups is 3. The molecule has 1 atom stereocenters. The van der Waals surface area contributed by atoms with Crippen LogP contribution < -0.4 is 10.6 Å². The van der Waals surface area contributed by atoms with Crippen LogP contribution in [0.2, 0.25) is 0 Å². The predicted molar refractivity (Wildman–Crippen MR) is 121 cm³/mol. The third-order valence-electron chi connectivity index (χ3n) is 6.21. The quantitative estimate of drug-likeness (QED) is 0.710. The lowest BCUT2D eigenvalue weighted by molar-refractivity contribution is -0.126. The van der Waals surface area contributed by atoms with Crippen molar-refractivity contribution in [3.8, 4) is 0 Å². The molecule has 3 amide bonds. The van der Waals surface area contributed by atoms with Crippen molar-refractivity contribution in [3.63, 3.8) is 0 Å². The minimum absolute atomic E-state index is 0.0607. The molecule has 2 N–H and O–H groups in total. The molecular weight excluding hydrogens is 390 g/mol. The molecule has 1 aliphatic heterocycles. The van der Waals surface area contributed by atoms with Crippen LogP contribution in [0.1, 0.15) is 68.1 Å². The van der Waals surface area contributed by atoms with Crippen LogP contribution in [-0.4, -0.2) is 48.8 Å². The van der Waals surface area contributed by atoms with Gasteiger partial charge in [0.25, 0.3) is 5.91 Å². The van der Waals surface area contributed by atoms with Crippen molar-refractivity contribution < 1.29 is 14.4 Å². The van der Waals surface area contributed by atoms with Gasteiger partial charge >= 0.3 is 0 Å². The van der Waals surface area contributed by atoms with E-state index in [1.807, 2.05) is 18.2 Å². The van der Waals surface area contributed by atoms with E-state index < -0.39 is 0 Å². The molecule has 1 heterocycles.